The van der Waals surface area contributed by atoms with Crippen LogP contribution in [0.2, 0.25) is 0 Å². The van der Waals surface area contributed by atoms with E-state index in [0.29, 0.717) is 0 Å². The quantitative estimate of drug-likeness (QED) is 0.278. The second-order valence-corrected chi connectivity index (χ2v) is 8.97. The molecule has 2 fully saturated rings. The molecule has 2 aliphatic carbocycles. The molecule has 0 heteroatoms. The summed E-state index contributed by atoms with van der Waals surface area (Å²) in [5.41, 5.74) is 0. The highest BCUT2D eigenvalue weighted by atomic mass is 14.3. The Balaban J connectivity index is 1.46. The van der Waals surface area contributed by atoms with E-state index in [4.69, 9.17) is 0 Å². The van der Waals surface area contributed by atoms with Gasteiger partial charge in [-0.25, -0.2) is 0 Å². The maximum absolute atomic E-state index is 2.44. The van der Waals surface area contributed by atoms with Crippen molar-refractivity contribution in [2.45, 2.75) is 117 Å². The third-order valence-corrected chi connectivity index (χ3v) is 7.01. The van der Waals surface area contributed by atoms with Crippen molar-refractivity contribution in [1.29, 1.82) is 0 Å². The summed E-state index contributed by atoms with van der Waals surface area (Å²) >= 11 is 0. The Morgan fingerprint density at radius 1 is 0.625 bits per heavy atom. The molecule has 2 saturated carbocycles. The Hall–Kier alpha value is -0.260. The van der Waals surface area contributed by atoms with Crippen LogP contribution in [0.3, 0.4) is 0 Å². The SMILES string of the molecule is C/C=C/C1CCC(CCCC[C@H]2CC[C@H](CCCCC)CC2)CC1. The zero-order valence-corrected chi connectivity index (χ0v) is 16.8. The number of hydrogen-bond donors (Lipinski definition) is 0. The highest BCUT2D eigenvalue weighted by Gasteiger charge is 2.21. The van der Waals surface area contributed by atoms with Crippen molar-refractivity contribution in [2.75, 3.05) is 0 Å². The van der Waals surface area contributed by atoms with Gasteiger partial charge in [0, 0.05) is 0 Å². The predicted molar refractivity (Wildman–Crippen MR) is 108 cm³/mol. The lowest BCUT2D eigenvalue weighted by Crippen LogP contribution is -2.15. The predicted octanol–water partition coefficient (Wildman–Crippen LogP) is 8.32. The van der Waals surface area contributed by atoms with E-state index in [1.54, 1.807) is 25.7 Å². The zero-order chi connectivity index (χ0) is 17.0. The molecule has 0 saturated heterocycles. The summed E-state index contributed by atoms with van der Waals surface area (Å²) in [6.45, 7) is 4.50. The van der Waals surface area contributed by atoms with Gasteiger partial charge in [-0.05, 0) is 56.3 Å². The molecule has 0 aromatic rings. The van der Waals surface area contributed by atoms with Gasteiger partial charge >= 0.3 is 0 Å². The van der Waals surface area contributed by atoms with Gasteiger partial charge in [0.1, 0.15) is 0 Å². The van der Waals surface area contributed by atoms with Crippen LogP contribution in [0.25, 0.3) is 0 Å². The third kappa shape index (κ3) is 7.75. The van der Waals surface area contributed by atoms with Gasteiger partial charge in [-0.15, -0.1) is 0 Å². The summed E-state index contributed by atoms with van der Waals surface area (Å²) in [6, 6.07) is 0. The summed E-state index contributed by atoms with van der Waals surface area (Å²) in [5, 5.41) is 0. The van der Waals surface area contributed by atoms with Crippen molar-refractivity contribution in [3.05, 3.63) is 12.2 Å². The summed E-state index contributed by atoms with van der Waals surface area (Å²) in [7, 11) is 0. The van der Waals surface area contributed by atoms with Crippen molar-refractivity contribution < 1.29 is 0 Å². The first-order valence-corrected chi connectivity index (χ1v) is 11.4. The minimum Gasteiger partial charge on any atom is -0.0914 e. The molecule has 0 radical (unpaired) electrons. The fourth-order valence-corrected chi connectivity index (χ4v) is 5.30. The van der Waals surface area contributed by atoms with Gasteiger partial charge in [-0.1, -0.05) is 96.1 Å². The van der Waals surface area contributed by atoms with Crippen molar-refractivity contribution in [1.82, 2.24) is 0 Å². The second-order valence-electron chi connectivity index (χ2n) is 8.97. The molecule has 0 heterocycles. The molecule has 2 aliphatic rings. The summed E-state index contributed by atoms with van der Waals surface area (Å²) in [6.07, 6.45) is 28.7. The monoisotopic (exact) mass is 332 g/mol. The standard InChI is InChI=1S/C24H44/c1-3-5-6-10-22-17-19-24(20-18-22)12-8-7-11-23-15-13-21(9-4-2)14-16-23/h4,9,21-24H,3,5-8,10-20H2,1-2H3/b9-4+/t21?,22-,23?,24-. The van der Waals surface area contributed by atoms with Crippen LogP contribution in [0.1, 0.15) is 117 Å². The Kier molecular flexibility index (Phi) is 10.2. The molecule has 0 aromatic carbocycles. The molecule has 2 rings (SSSR count). The lowest BCUT2D eigenvalue weighted by molar-refractivity contribution is 0.239. The number of unbranched alkanes of at least 4 members (excludes halogenated alkanes) is 3. The van der Waals surface area contributed by atoms with E-state index in [0.717, 1.165) is 23.7 Å². The first kappa shape index (κ1) is 20.1. The van der Waals surface area contributed by atoms with Crippen LogP contribution < -0.4 is 0 Å². The summed E-state index contributed by atoms with van der Waals surface area (Å²) in [4.78, 5) is 0. The molecular formula is C24H44. The number of allylic oxidation sites excluding steroid dienone is 2. The zero-order valence-electron chi connectivity index (χ0n) is 16.8. The van der Waals surface area contributed by atoms with Crippen LogP contribution in [0.5, 0.6) is 0 Å². The molecule has 0 bridgehead atoms. The van der Waals surface area contributed by atoms with Crippen molar-refractivity contribution >= 4 is 0 Å². The second kappa shape index (κ2) is 12.2. The highest BCUT2D eigenvalue weighted by molar-refractivity contribution is 4.88. The van der Waals surface area contributed by atoms with Crippen LogP contribution >= 0.6 is 0 Å². The van der Waals surface area contributed by atoms with E-state index in [-0.39, 0.29) is 0 Å². The van der Waals surface area contributed by atoms with E-state index in [9.17, 15) is 0 Å². The molecule has 0 aromatic heterocycles. The first-order chi connectivity index (χ1) is 11.8. The van der Waals surface area contributed by atoms with Gasteiger partial charge in [-0.3, -0.25) is 0 Å². The third-order valence-electron chi connectivity index (χ3n) is 7.01. The normalized spacial score (nSPS) is 31.6. The minimum absolute atomic E-state index is 0.902. The van der Waals surface area contributed by atoms with Crippen molar-refractivity contribution in [2.24, 2.45) is 23.7 Å². The molecule has 0 N–H and O–H groups in total. The Bertz CT molecular complexity index is 313. The lowest BCUT2D eigenvalue weighted by atomic mass is 9.77. The van der Waals surface area contributed by atoms with Crippen LogP contribution in [-0.4, -0.2) is 0 Å². The molecule has 0 spiro atoms. The number of hydrogen-bond acceptors (Lipinski definition) is 0. The van der Waals surface area contributed by atoms with Crippen LogP contribution in [0.4, 0.5) is 0 Å². The van der Waals surface area contributed by atoms with Crippen molar-refractivity contribution in [3.8, 4) is 0 Å². The molecular weight excluding hydrogens is 288 g/mol. The maximum Gasteiger partial charge on any atom is -0.0233 e. The fourth-order valence-electron chi connectivity index (χ4n) is 5.30. The van der Waals surface area contributed by atoms with E-state index in [2.05, 4.69) is 26.0 Å². The number of rotatable bonds is 10. The molecule has 0 unspecified atom stereocenters. The van der Waals surface area contributed by atoms with Crippen LogP contribution in [-0.2, 0) is 0 Å². The van der Waals surface area contributed by atoms with Crippen LogP contribution in [0, 0.1) is 23.7 Å². The minimum atomic E-state index is 0.902. The average molecular weight is 333 g/mol. The van der Waals surface area contributed by atoms with Crippen molar-refractivity contribution in [3.63, 3.8) is 0 Å². The van der Waals surface area contributed by atoms with Gasteiger partial charge < -0.3 is 0 Å². The Morgan fingerprint density at radius 2 is 1.04 bits per heavy atom. The average Bonchev–Trinajstić information content (AvgIpc) is 2.62. The maximum atomic E-state index is 2.44. The van der Waals surface area contributed by atoms with Gasteiger partial charge in [0.15, 0.2) is 0 Å². The van der Waals surface area contributed by atoms with E-state index >= 15 is 0 Å². The molecule has 0 aliphatic heterocycles. The lowest BCUT2D eigenvalue weighted by Gasteiger charge is -2.29. The smallest absolute Gasteiger partial charge is 0.0233 e. The first-order valence-electron chi connectivity index (χ1n) is 11.4. The molecule has 0 nitrogen and oxygen atoms in total. The molecule has 0 atom stereocenters. The van der Waals surface area contributed by atoms with E-state index in [1.807, 2.05) is 0 Å². The molecule has 140 valence electrons. The van der Waals surface area contributed by atoms with Gasteiger partial charge in [0.25, 0.3) is 0 Å². The fraction of sp³-hybridized carbons (Fsp3) is 0.917. The Labute approximate surface area is 152 Å². The molecule has 0 amide bonds. The highest BCUT2D eigenvalue weighted by Crippen LogP contribution is 2.36. The summed E-state index contributed by atoms with van der Waals surface area (Å²) < 4.78 is 0. The van der Waals surface area contributed by atoms with E-state index < -0.39 is 0 Å². The topological polar surface area (TPSA) is 0 Å². The van der Waals surface area contributed by atoms with Gasteiger partial charge in [-0.2, -0.15) is 0 Å². The van der Waals surface area contributed by atoms with E-state index in [1.165, 1.54) is 77.0 Å². The largest absolute Gasteiger partial charge is 0.0914 e. The van der Waals surface area contributed by atoms with Crippen LogP contribution in [0.15, 0.2) is 12.2 Å². The van der Waals surface area contributed by atoms with Gasteiger partial charge in [0.2, 0.25) is 0 Å². The Morgan fingerprint density at radius 3 is 1.46 bits per heavy atom. The van der Waals surface area contributed by atoms with Gasteiger partial charge in [0.05, 0.1) is 0 Å². The summed E-state index contributed by atoms with van der Waals surface area (Å²) in [5.74, 6) is 4.12. The molecule has 24 heavy (non-hydrogen) atoms.